The van der Waals surface area contributed by atoms with Crippen LogP contribution in [0.15, 0.2) is 0 Å². The predicted molar refractivity (Wildman–Crippen MR) is 71.2 cm³/mol. The molecule has 0 radical (unpaired) electrons. The van der Waals surface area contributed by atoms with E-state index in [0.717, 1.165) is 38.6 Å². The molecule has 4 nitrogen and oxygen atoms in total. The van der Waals surface area contributed by atoms with Gasteiger partial charge in [-0.25, -0.2) is 0 Å². The minimum atomic E-state index is -0.155. The molecule has 1 saturated heterocycles. The van der Waals surface area contributed by atoms with Crippen molar-refractivity contribution in [3.8, 4) is 0 Å². The molecule has 1 N–H and O–H groups in total. The van der Waals surface area contributed by atoms with E-state index in [1.165, 1.54) is 0 Å². The summed E-state index contributed by atoms with van der Waals surface area (Å²) in [6, 6.07) is 0.349. The Labute approximate surface area is 110 Å². The molecule has 1 saturated carbocycles. The highest BCUT2D eigenvalue weighted by molar-refractivity contribution is 5.81. The summed E-state index contributed by atoms with van der Waals surface area (Å²) in [5.74, 6) is 0.555. The zero-order valence-electron chi connectivity index (χ0n) is 11.8. The molecule has 1 aliphatic carbocycles. The summed E-state index contributed by atoms with van der Waals surface area (Å²) in [4.78, 5) is 16.1. The molecule has 4 heteroatoms. The van der Waals surface area contributed by atoms with Gasteiger partial charge in [-0.1, -0.05) is 6.42 Å². The second-order valence-electron chi connectivity index (χ2n) is 6.02. The highest BCUT2D eigenvalue weighted by Crippen LogP contribution is 2.36. The fourth-order valence-corrected chi connectivity index (χ4v) is 3.69. The lowest BCUT2D eigenvalue weighted by atomic mass is 9.93. The fraction of sp³-hybridized carbons (Fsp3) is 0.929. The standard InChI is InChI=1S/C14H26N2O2/c1-10(14(18)15(2)3)16-9-5-7-12(16)11-6-4-8-13(11)17/h10-13,17H,4-9H2,1-3H3. The van der Waals surface area contributed by atoms with E-state index < -0.39 is 0 Å². The van der Waals surface area contributed by atoms with Gasteiger partial charge in [0.25, 0.3) is 0 Å². The molecular weight excluding hydrogens is 228 g/mol. The molecule has 4 unspecified atom stereocenters. The Kier molecular flexibility index (Phi) is 4.28. The van der Waals surface area contributed by atoms with E-state index >= 15 is 0 Å². The third kappa shape index (κ3) is 2.54. The smallest absolute Gasteiger partial charge is 0.239 e. The molecule has 18 heavy (non-hydrogen) atoms. The van der Waals surface area contributed by atoms with Crippen LogP contribution in [0.3, 0.4) is 0 Å². The van der Waals surface area contributed by atoms with Crippen molar-refractivity contribution >= 4 is 5.91 Å². The van der Waals surface area contributed by atoms with E-state index in [-0.39, 0.29) is 18.1 Å². The van der Waals surface area contributed by atoms with Gasteiger partial charge in [-0.2, -0.15) is 0 Å². The van der Waals surface area contributed by atoms with Crippen molar-refractivity contribution in [2.75, 3.05) is 20.6 Å². The van der Waals surface area contributed by atoms with Crippen molar-refractivity contribution in [2.45, 2.75) is 57.2 Å². The van der Waals surface area contributed by atoms with Crippen LogP contribution in [0, 0.1) is 5.92 Å². The van der Waals surface area contributed by atoms with E-state index in [4.69, 9.17) is 0 Å². The average molecular weight is 254 g/mol. The second kappa shape index (κ2) is 5.57. The summed E-state index contributed by atoms with van der Waals surface area (Å²) in [5.41, 5.74) is 0. The number of hydrogen-bond donors (Lipinski definition) is 1. The number of likely N-dealkylation sites (N-methyl/N-ethyl adjacent to an activating group) is 1. The Morgan fingerprint density at radius 3 is 2.56 bits per heavy atom. The second-order valence-corrected chi connectivity index (χ2v) is 6.02. The summed E-state index contributed by atoms with van der Waals surface area (Å²) >= 11 is 0. The quantitative estimate of drug-likeness (QED) is 0.820. The first kappa shape index (κ1) is 13.8. The third-order valence-corrected chi connectivity index (χ3v) is 4.66. The number of aliphatic hydroxyl groups excluding tert-OH is 1. The van der Waals surface area contributed by atoms with Crippen LogP contribution in [-0.4, -0.2) is 59.6 Å². The molecule has 1 heterocycles. The molecule has 2 rings (SSSR count). The molecule has 0 aromatic rings. The van der Waals surface area contributed by atoms with E-state index in [1.807, 2.05) is 21.0 Å². The van der Waals surface area contributed by atoms with Crippen LogP contribution in [0.25, 0.3) is 0 Å². The van der Waals surface area contributed by atoms with Gasteiger partial charge < -0.3 is 10.0 Å². The van der Waals surface area contributed by atoms with E-state index in [0.29, 0.717) is 12.0 Å². The average Bonchev–Trinajstić information content (AvgIpc) is 2.94. The minimum Gasteiger partial charge on any atom is -0.393 e. The van der Waals surface area contributed by atoms with Gasteiger partial charge in [0.1, 0.15) is 0 Å². The third-order valence-electron chi connectivity index (χ3n) is 4.66. The van der Waals surface area contributed by atoms with Crippen molar-refractivity contribution in [1.82, 2.24) is 9.80 Å². The number of carbonyl (C=O) groups excluding carboxylic acids is 1. The molecular formula is C14H26N2O2. The number of amides is 1. The summed E-state index contributed by atoms with van der Waals surface area (Å²) in [7, 11) is 3.63. The molecule has 4 atom stereocenters. The number of rotatable bonds is 3. The molecule has 104 valence electrons. The van der Waals surface area contributed by atoms with Crippen LogP contribution in [0.4, 0.5) is 0 Å². The lowest BCUT2D eigenvalue weighted by Gasteiger charge is -2.35. The Morgan fingerprint density at radius 1 is 1.28 bits per heavy atom. The van der Waals surface area contributed by atoms with Crippen molar-refractivity contribution in [3.05, 3.63) is 0 Å². The topological polar surface area (TPSA) is 43.8 Å². The van der Waals surface area contributed by atoms with Crippen molar-refractivity contribution in [3.63, 3.8) is 0 Å². The van der Waals surface area contributed by atoms with Crippen LogP contribution in [0.1, 0.15) is 39.0 Å². The lowest BCUT2D eigenvalue weighted by Crippen LogP contribution is -2.49. The van der Waals surface area contributed by atoms with E-state index in [9.17, 15) is 9.90 Å². The maximum atomic E-state index is 12.1. The summed E-state index contributed by atoms with van der Waals surface area (Å²) in [6.07, 6.45) is 5.31. The van der Waals surface area contributed by atoms with Gasteiger partial charge >= 0.3 is 0 Å². The number of nitrogens with zero attached hydrogens (tertiary/aromatic N) is 2. The number of hydrogen-bond acceptors (Lipinski definition) is 3. The van der Waals surface area contributed by atoms with E-state index in [2.05, 4.69) is 4.90 Å². The zero-order chi connectivity index (χ0) is 13.3. The first-order valence-corrected chi connectivity index (χ1v) is 7.17. The molecule has 0 aromatic heterocycles. The Balaban J connectivity index is 2.05. The van der Waals surface area contributed by atoms with Crippen molar-refractivity contribution in [1.29, 1.82) is 0 Å². The molecule has 2 fully saturated rings. The van der Waals surface area contributed by atoms with Crippen LogP contribution >= 0.6 is 0 Å². The fourth-order valence-electron chi connectivity index (χ4n) is 3.69. The largest absolute Gasteiger partial charge is 0.393 e. The van der Waals surface area contributed by atoms with Gasteiger partial charge in [-0.3, -0.25) is 9.69 Å². The van der Waals surface area contributed by atoms with Crippen molar-refractivity contribution in [2.24, 2.45) is 5.92 Å². The predicted octanol–water partition coefficient (Wildman–Crippen LogP) is 1.09. The van der Waals surface area contributed by atoms with Gasteiger partial charge in [0, 0.05) is 26.1 Å². The number of carbonyl (C=O) groups is 1. The minimum absolute atomic E-state index is 0.0553. The maximum Gasteiger partial charge on any atom is 0.239 e. The monoisotopic (exact) mass is 254 g/mol. The first-order chi connectivity index (χ1) is 8.52. The van der Waals surface area contributed by atoms with Gasteiger partial charge in [0.05, 0.1) is 12.1 Å². The van der Waals surface area contributed by atoms with Crippen molar-refractivity contribution < 1.29 is 9.90 Å². The maximum absolute atomic E-state index is 12.1. The Hall–Kier alpha value is -0.610. The molecule has 0 bridgehead atoms. The lowest BCUT2D eigenvalue weighted by molar-refractivity contribution is -0.134. The molecule has 1 aliphatic heterocycles. The molecule has 1 amide bonds. The molecule has 0 spiro atoms. The van der Waals surface area contributed by atoms with E-state index in [1.54, 1.807) is 4.90 Å². The SMILES string of the molecule is CC(C(=O)N(C)C)N1CCCC1C1CCCC1O. The number of aliphatic hydroxyl groups is 1. The van der Waals surface area contributed by atoms with Gasteiger partial charge in [-0.15, -0.1) is 0 Å². The van der Waals surface area contributed by atoms with Gasteiger partial charge in [0.15, 0.2) is 0 Å². The summed E-state index contributed by atoms with van der Waals surface area (Å²) in [5, 5.41) is 10.1. The number of likely N-dealkylation sites (tertiary alicyclic amines) is 1. The van der Waals surface area contributed by atoms with Gasteiger partial charge in [-0.05, 0) is 39.2 Å². The van der Waals surface area contributed by atoms with Crippen LogP contribution in [0.2, 0.25) is 0 Å². The normalized spacial score (nSPS) is 34.8. The molecule has 2 aliphatic rings. The summed E-state index contributed by atoms with van der Waals surface area (Å²) in [6.45, 7) is 3.00. The molecule has 0 aromatic carbocycles. The Morgan fingerprint density at radius 2 is 2.00 bits per heavy atom. The zero-order valence-corrected chi connectivity index (χ0v) is 11.8. The highest BCUT2D eigenvalue weighted by atomic mass is 16.3. The van der Waals surface area contributed by atoms with Crippen LogP contribution < -0.4 is 0 Å². The first-order valence-electron chi connectivity index (χ1n) is 7.17. The summed E-state index contributed by atoms with van der Waals surface area (Å²) < 4.78 is 0. The van der Waals surface area contributed by atoms with Crippen LogP contribution in [0.5, 0.6) is 0 Å². The Bertz CT molecular complexity index is 306. The highest BCUT2D eigenvalue weighted by Gasteiger charge is 2.41. The van der Waals surface area contributed by atoms with Gasteiger partial charge in [0.2, 0.25) is 5.91 Å². The van der Waals surface area contributed by atoms with Crippen LogP contribution in [-0.2, 0) is 4.79 Å².